The topological polar surface area (TPSA) is 61.9 Å². The van der Waals surface area contributed by atoms with Crippen molar-refractivity contribution in [2.24, 2.45) is 5.73 Å². The van der Waals surface area contributed by atoms with Crippen LogP contribution in [0, 0.1) is 11.8 Å². The quantitative estimate of drug-likeness (QED) is 0.384. The first-order chi connectivity index (χ1) is 8.24. The lowest BCUT2D eigenvalue weighted by Gasteiger charge is -2.19. The molecule has 3 nitrogen and oxygen atoms in total. The Kier molecular flexibility index (Phi) is 6.15. The summed E-state index contributed by atoms with van der Waals surface area (Å²) in [5, 5.41) is 10.4. The number of rotatable bonds is 7. The Hall–Kier alpha value is -1.51. The number of hydrogen-bond donors (Lipinski definition) is 3. The third-order valence-corrected chi connectivity index (χ3v) is 2.72. The molecule has 1 aromatic rings. The van der Waals surface area contributed by atoms with Crippen molar-refractivity contribution in [3.8, 4) is 0 Å². The van der Waals surface area contributed by atoms with Crippen molar-refractivity contribution in [2.45, 2.75) is 38.6 Å². The second kappa shape index (κ2) is 7.71. The van der Waals surface area contributed by atoms with Gasteiger partial charge in [0.15, 0.2) is 5.96 Å². The first-order valence-corrected chi connectivity index (χ1v) is 6.21. The molecule has 0 aliphatic heterocycles. The third-order valence-electron chi connectivity index (χ3n) is 2.72. The van der Waals surface area contributed by atoms with E-state index in [2.05, 4.69) is 30.8 Å². The molecule has 1 unspecified atom stereocenters. The summed E-state index contributed by atoms with van der Waals surface area (Å²) in [4.78, 5) is 0. The summed E-state index contributed by atoms with van der Waals surface area (Å²) in [6.07, 6.45) is 6.65. The molecule has 1 aromatic carbocycles. The van der Waals surface area contributed by atoms with Gasteiger partial charge in [0.2, 0.25) is 0 Å². The Morgan fingerprint density at radius 3 is 2.71 bits per heavy atom. The Balaban J connectivity index is 2.52. The molecule has 0 aliphatic rings. The van der Waals surface area contributed by atoms with Gasteiger partial charge in [-0.15, -0.1) is 0 Å². The van der Waals surface area contributed by atoms with Crippen LogP contribution in [-0.4, -0.2) is 5.96 Å². The minimum absolute atomic E-state index is 0.0401. The Labute approximate surface area is 104 Å². The number of benzene rings is 1. The van der Waals surface area contributed by atoms with E-state index < -0.39 is 0 Å². The minimum Gasteiger partial charge on any atom is -0.370 e. The van der Waals surface area contributed by atoms with Gasteiger partial charge in [0.1, 0.15) is 0 Å². The molecular weight excluding hydrogens is 210 g/mol. The molecule has 1 atom stereocenters. The molecule has 0 bridgehead atoms. The summed E-state index contributed by atoms with van der Waals surface area (Å²) >= 11 is 0. The van der Waals surface area contributed by atoms with Crippen LogP contribution >= 0.6 is 0 Å². The lowest BCUT2D eigenvalue weighted by atomic mass is 10.0. The van der Waals surface area contributed by atoms with E-state index in [-0.39, 0.29) is 12.0 Å². The summed E-state index contributed by atoms with van der Waals surface area (Å²) in [7, 11) is 0. The van der Waals surface area contributed by atoms with Crippen LogP contribution in [0.5, 0.6) is 0 Å². The molecule has 0 heterocycles. The van der Waals surface area contributed by atoms with E-state index >= 15 is 0 Å². The molecule has 0 spiro atoms. The van der Waals surface area contributed by atoms with E-state index in [1.807, 2.05) is 18.2 Å². The highest BCUT2D eigenvalue weighted by Gasteiger charge is 2.10. The predicted octanol–water partition coefficient (Wildman–Crippen LogP) is 3.00. The zero-order valence-corrected chi connectivity index (χ0v) is 10.4. The van der Waals surface area contributed by atoms with Gasteiger partial charge in [-0.3, -0.25) is 5.41 Å². The molecule has 0 saturated carbocycles. The molecule has 1 radical (unpaired) electrons. The Morgan fingerprint density at radius 2 is 2.12 bits per heavy atom. The lowest BCUT2D eigenvalue weighted by Crippen LogP contribution is -2.33. The molecule has 17 heavy (non-hydrogen) atoms. The van der Waals surface area contributed by atoms with Crippen LogP contribution in [0.2, 0.25) is 0 Å². The van der Waals surface area contributed by atoms with Gasteiger partial charge in [-0.25, -0.2) is 0 Å². The van der Waals surface area contributed by atoms with Crippen LogP contribution in [0.4, 0.5) is 0 Å². The van der Waals surface area contributed by atoms with Gasteiger partial charge in [0, 0.05) is 0 Å². The van der Waals surface area contributed by atoms with Crippen molar-refractivity contribution in [1.82, 2.24) is 5.32 Å². The van der Waals surface area contributed by atoms with E-state index in [4.69, 9.17) is 11.1 Å². The molecule has 0 amide bonds. The Morgan fingerprint density at radius 1 is 1.41 bits per heavy atom. The molecule has 93 valence electrons. The molecule has 3 heteroatoms. The van der Waals surface area contributed by atoms with Crippen LogP contribution < -0.4 is 11.1 Å². The number of unbranched alkanes of at least 4 members (excludes halogenated alkanes) is 3. The molecule has 0 aromatic heterocycles. The van der Waals surface area contributed by atoms with Crippen molar-refractivity contribution in [3.05, 3.63) is 42.3 Å². The van der Waals surface area contributed by atoms with Gasteiger partial charge in [-0.05, 0) is 18.4 Å². The fourth-order valence-corrected chi connectivity index (χ4v) is 1.87. The largest absolute Gasteiger partial charge is 0.370 e. The first kappa shape index (κ1) is 13.6. The van der Waals surface area contributed by atoms with Gasteiger partial charge in [-0.2, -0.15) is 0 Å². The smallest absolute Gasteiger partial charge is 0.186 e. The highest BCUT2D eigenvalue weighted by molar-refractivity contribution is 5.74. The maximum Gasteiger partial charge on any atom is 0.186 e. The highest BCUT2D eigenvalue weighted by atomic mass is 15.1. The van der Waals surface area contributed by atoms with E-state index in [1.54, 1.807) is 0 Å². The van der Waals surface area contributed by atoms with Crippen LogP contribution in [0.15, 0.2) is 30.3 Å². The van der Waals surface area contributed by atoms with Gasteiger partial charge in [0.25, 0.3) is 0 Å². The maximum absolute atomic E-state index is 7.35. The standard InChI is InChI=1S/C14H22N3/c1-2-3-4-8-11-13(17-14(15)16)12-9-6-5-7-10-12/h3,5-7,9-10,13H,2,4,8,11H2,1H3,(H4,15,16,17). The molecule has 1 rings (SSSR count). The summed E-state index contributed by atoms with van der Waals surface area (Å²) in [5.74, 6) is 0.0401. The number of nitrogens with one attached hydrogen (secondary N) is 2. The second-order valence-corrected chi connectivity index (χ2v) is 4.15. The van der Waals surface area contributed by atoms with Crippen LogP contribution in [0.25, 0.3) is 0 Å². The van der Waals surface area contributed by atoms with Gasteiger partial charge in [-0.1, -0.05) is 56.5 Å². The summed E-state index contributed by atoms with van der Waals surface area (Å²) < 4.78 is 0. The second-order valence-electron chi connectivity index (χ2n) is 4.15. The highest BCUT2D eigenvalue weighted by Crippen LogP contribution is 2.19. The van der Waals surface area contributed by atoms with Gasteiger partial charge in [0.05, 0.1) is 6.04 Å². The molecule has 0 aliphatic carbocycles. The maximum atomic E-state index is 7.35. The number of guanidine groups is 1. The summed E-state index contributed by atoms with van der Waals surface area (Å²) in [5.41, 5.74) is 6.62. The van der Waals surface area contributed by atoms with Gasteiger partial charge >= 0.3 is 0 Å². The predicted molar refractivity (Wildman–Crippen MR) is 72.7 cm³/mol. The van der Waals surface area contributed by atoms with Gasteiger partial charge < -0.3 is 11.1 Å². The van der Waals surface area contributed by atoms with Crippen molar-refractivity contribution < 1.29 is 0 Å². The zero-order chi connectivity index (χ0) is 12.5. The number of hydrogen-bond acceptors (Lipinski definition) is 1. The third kappa shape index (κ3) is 5.38. The SMILES string of the molecule is CC[CH]CCCC(NC(=N)N)c1ccccc1. The van der Waals surface area contributed by atoms with E-state index in [0.717, 1.165) is 25.7 Å². The summed E-state index contributed by atoms with van der Waals surface area (Å²) in [6.45, 7) is 2.16. The normalized spacial score (nSPS) is 12.1. The molecule has 0 fully saturated rings. The first-order valence-electron chi connectivity index (χ1n) is 6.21. The van der Waals surface area contributed by atoms with Crippen molar-refractivity contribution in [3.63, 3.8) is 0 Å². The van der Waals surface area contributed by atoms with Crippen LogP contribution in [-0.2, 0) is 0 Å². The van der Waals surface area contributed by atoms with Crippen molar-refractivity contribution in [2.75, 3.05) is 0 Å². The molecular formula is C14H22N3. The van der Waals surface area contributed by atoms with Crippen molar-refractivity contribution >= 4 is 5.96 Å². The number of nitrogens with two attached hydrogens (primary N) is 1. The zero-order valence-electron chi connectivity index (χ0n) is 10.4. The van der Waals surface area contributed by atoms with E-state index in [9.17, 15) is 0 Å². The fourth-order valence-electron chi connectivity index (χ4n) is 1.87. The fraction of sp³-hybridized carbons (Fsp3) is 0.429. The lowest BCUT2D eigenvalue weighted by molar-refractivity contribution is 0.554. The molecule has 4 N–H and O–H groups in total. The Bertz CT molecular complexity index is 321. The van der Waals surface area contributed by atoms with Crippen LogP contribution in [0.1, 0.15) is 44.2 Å². The average molecular weight is 232 g/mol. The van der Waals surface area contributed by atoms with Crippen molar-refractivity contribution in [1.29, 1.82) is 5.41 Å². The average Bonchev–Trinajstić information content (AvgIpc) is 2.34. The monoisotopic (exact) mass is 232 g/mol. The molecule has 0 saturated heterocycles. The van der Waals surface area contributed by atoms with Crippen LogP contribution in [0.3, 0.4) is 0 Å². The minimum atomic E-state index is 0.0401. The van der Waals surface area contributed by atoms with E-state index in [1.165, 1.54) is 5.56 Å². The van der Waals surface area contributed by atoms with E-state index in [0.29, 0.717) is 0 Å². The summed E-state index contributed by atoms with van der Waals surface area (Å²) in [6, 6.07) is 10.3.